The molecule has 1 atom stereocenters. The largest absolute Gasteiger partial charge is 0.362 e. The second kappa shape index (κ2) is 5.84. The van der Waals surface area contributed by atoms with Gasteiger partial charge in [0.2, 0.25) is 5.82 Å². The summed E-state index contributed by atoms with van der Waals surface area (Å²) in [7, 11) is 1.74. The van der Waals surface area contributed by atoms with Crippen LogP contribution in [0.1, 0.15) is 39.8 Å². The number of nitrogens with one attached hydrogen (secondary N) is 1. The van der Waals surface area contributed by atoms with Gasteiger partial charge in [0, 0.05) is 13.1 Å². The number of hydrogen-bond acceptors (Lipinski definition) is 4. The molecule has 0 aliphatic carbocycles. The molecular weight excluding hydrogens is 232 g/mol. The van der Waals surface area contributed by atoms with Crippen molar-refractivity contribution >= 4 is 11.5 Å². The average Bonchev–Trinajstić information content (AvgIpc) is 2.55. The quantitative estimate of drug-likeness (QED) is 0.625. The lowest BCUT2D eigenvalue weighted by molar-refractivity contribution is -0.384. The molecule has 1 heterocycles. The van der Waals surface area contributed by atoms with Crippen LogP contribution in [0.5, 0.6) is 0 Å². The van der Waals surface area contributed by atoms with E-state index in [4.69, 9.17) is 0 Å². The van der Waals surface area contributed by atoms with Crippen molar-refractivity contribution in [3.63, 3.8) is 0 Å². The zero-order valence-electron chi connectivity index (χ0n) is 11.7. The number of aryl methyl sites for hydroxylation is 2. The lowest BCUT2D eigenvalue weighted by atomic mass is 10.1. The van der Waals surface area contributed by atoms with E-state index in [1.165, 1.54) is 0 Å². The van der Waals surface area contributed by atoms with Gasteiger partial charge in [-0.05, 0) is 19.3 Å². The maximum Gasteiger partial charge on any atom is 0.333 e. The van der Waals surface area contributed by atoms with E-state index in [9.17, 15) is 10.1 Å². The molecule has 0 aliphatic heterocycles. The van der Waals surface area contributed by atoms with Gasteiger partial charge in [-0.15, -0.1) is 0 Å². The Morgan fingerprint density at radius 1 is 1.44 bits per heavy atom. The molecule has 1 aromatic heterocycles. The lowest BCUT2D eigenvalue weighted by Crippen LogP contribution is -2.23. The van der Waals surface area contributed by atoms with Crippen LogP contribution in [0.15, 0.2) is 0 Å². The highest BCUT2D eigenvalue weighted by Gasteiger charge is 2.27. The van der Waals surface area contributed by atoms with Crippen LogP contribution in [0, 0.1) is 16.0 Å². The maximum atomic E-state index is 11.2. The molecule has 1 unspecified atom stereocenters. The minimum atomic E-state index is -0.340. The van der Waals surface area contributed by atoms with E-state index in [2.05, 4.69) is 24.3 Å². The van der Waals surface area contributed by atoms with Gasteiger partial charge in [0.05, 0.1) is 4.92 Å². The van der Waals surface area contributed by atoms with E-state index < -0.39 is 0 Å². The van der Waals surface area contributed by atoms with Crippen molar-refractivity contribution in [1.82, 2.24) is 9.78 Å². The minimum absolute atomic E-state index is 0.117. The van der Waals surface area contributed by atoms with Gasteiger partial charge in [-0.3, -0.25) is 10.1 Å². The average molecular weight is 254 g/mol. The zero-order valence-corrected chi connectivity index (χ0v) is 11.7. The van der Waals surface area contributed by atoms with Crippen LogP contribution < -0.4 is 5.32 Å². The van der Waals surface area contributed by atoms with Crippen molar-refractivity contribution in [1.29, 1.82) is 0 Å². The Bertz CT molecular complexity index is 426. The molecule has 6 nitrogen and oxygen atoms in total. The van der Waals surface area contributed by atoms with Crippen molar-refractivity contribution in [3.05, 3.63) is 15.8 Å². The predicted octanol–water partition coefficient (Wildman–Crippen LogP) is 2.74. The van der Waals surface area contributed by atoms with Crippen LogP contribution in [0.2, 0.25) is 0 Å². The summed E-state index contributed by atoms with van der Waals surface area (Å²) in [6.45, 7) is 8.16. The molecule has 1 rings (SSSR count). The number of anilines is 1. The fourth-order valence-electron chi connectivity index (χ4n) is 1.71. The fraction of sp³-hybridized carbons (Fsp3) is 0.750. The minimum Gasteiger partial charge on any atom is -0.362 e. The van der Waals surface area contributed by atoms with Crippen LogP contribution in [0.25, 0.3) is 0 Å². The first-order valence-electron chi connectivity index (χ1n) is 6.35. The Labute approximate surface area is 108 Å². The maximum absolute atomic E-state index is 11.2. The highest BCUT2D eigenvalue weighted by atomic mass is 16.6. The molecule has 18 heavy (non-hydrogen) atoms. The van der Waals surface area contributed by atoms with E-state index in [0.29, 0.717) is 23.9 Å². The molecule has 0 radical (unpaired) electrons. The van der Waals surface area contributed by atoms with Crippen LogP contribution in [-0.2, 0) is 13.5 Å². The molecule has 1 N–H and O–H groups in total. The smallest absolute Gasteiger partial charge is 0.333 e. The SMILES string of the molecule is CCCc1nn(C)c(NC(C)C(C)C)c1[N+](=O)[O-]. The molecule has 0 bridgehead atoms. The van der Waals surface area contributed by atoms with Crippen molar-refractivity contribution in [2.45, 2.75) is 46.6 Å². The first kappa shape index (κ1) is 14.5. The standard InChI is InChI=1S/C12H22N4O2/c1-6-7-10-11(16(17)18)12(15(5)14-10)13-9(4)8(2)3/h8-9,13H,6-7H2,1-5H3. The summed E-state index contributed by atoms with van der Waals surface area (Å²) < 4.78 is 1.57. The summed E-state index contributed by atoms with van der Waals surface area (Å²) >= 11 is 0. The summed E-state index contributed by atoms with van der Waals surface area (Å²) in [5.74, 6) is 0.902. The van der Waals surface area contributed by atoms with Gasteiger partial charge in [-0.1, -0.05) is 27.2 Å². The Balaban J connectivity index is 3.13. The normalized spacial score (nSPS) is 12.8. The van der Waals surface area contributed by atoms with Gasteiger partial charge in [-0.25, -0.2) is 4.68 Å². The van der Waals surface area contributed by atoms with Crippen LogP contribution in [0.4, 0.5) is 11.5 Å². The Morgan fingerprint density at radius 2 is 2.06 bits per heavy atom. The number of nitro groups is 1. The lowest BCUT2D eigenvalue weighted by Gasteiger charge is -2.17. The Kier molecular flexibility index (Phi) is 4.69. The van der Waals surface area contributed by atoms with Gasteiger partial charge in [0.1, 0.15) is 5.69 Å². The third kappa shape index (κ3) is 3.00. The Morgan fingerprint density at radius 3 is 2.50 bits per heavy atom. The van der Waals surface area contributed by atoms with E-state index >= 15 is 0 Å². The summed E-state index contributed by atoms with van der Waals surface area (Å²) in [4.78, 5) is 10.9. The summed E-state index contributed by atoms with van der Waals surface area (Å²) in [6, 6.07) is 0.161. The summed E-state index contributed by atoms with van der Waals surface area (Å²) in [5.41, 5.74) is 0.676. The van der Waals surface area contributed by atoms with Gasteiger partial charge in [0.15, 0.2) is 0 Å². The molecule has 0 amide bonds. The van der Waals surface area contributed by atoms with E-state index in [-0.39, 0.29) is 16.7 Å². The van der Waals surface area contributed by atoms with Crippen LogP contribution >= 0.6 is 0 Å². The Hall–Kier alpha value is -1.59. The van der Waals surface area contributed by atoms with E-state index in [0.717, 1.165) is 6.42 Å². The number of hydrogen-bond donors (Lipinski definition) is 1. The topological polar surface area (TPSA) is 73.0 Å². The number of rotatable bonds is 6. The molecule has 0 saturated heterocycles. The number of nitrogens with zero attached hydrogens (tertiary/aromatic N) is 3. The van der Waals surface area contributed by atoms with Crippen LogP contribution in [0.3, 0.4) is 0 Å². The van der Waals surface area contributed by atoms with E-state index in [1.807, 2.05) is 13.8 Å². The first-order chi connectivity index (χ1) is 8.38. The van der Waals surface area contributed by atoms with Crippen molar-refractivity contribution in [2.75, 3.05) is 5.32 Å². The third-order valence-electron chi connectivity index (χ3n) is 3.13. The summed E-state index contributed by atoms with van der Waals surface area (Å²) in [5, 5.41) is 18.6. The van der Waals surface area contributed by atoms with E-state index in [1.54, 1.807) is 11.7 Å². The molecule has 0 aliphatic rings. The van der Waals surface area contributed by atoms with Crippen LogP contribution in [-0.4, -0.2) is 20.7 Å². The highest BCUT2D eigenvalue weighted by molar-refractivity contribution is 5.60. The van der Waals surface area contributed by atoms with Crippen molar-refractivity contribution in [2.24, 2.45) is 13.0 Å². The van der Waals surface area contributed by atoms with Crippen molar-refractivity contribution < 1.29 is 4.92 Å². The molecule has 6 heteroatoms. The summed E-state index contributed by atoms with van der Waals surface area (Å²) in [6.07, 6.45) is 1.47. The number of aromatic nitrogens is 2. The molecule has 0 fully saturated rings. The van der Waals surface area contributed by atoms with Gasteiger partial charge >= 0.3 is 5.69 Å². The molecule has 0 aromatic carbocycles. The first-order valence-corrected chi connectivity index (χ1v) is 6.35. The molecular formula is C12H22N4O2. The molecule has 1 aromatic rings. The zero-order chi connectivity index (χ0) is 13.9. The second-order valence-corrected chi connectivity index (χ2v) is 4.95. The predicted molar refractivity (Wildman–Crippen MR) is 71.8 cm³/mol. The van der Waals surface area contributed by atoms with Gasteiger partial charge in [-0.2, -0.15) is 5.10 Å². The molecule has 0 saturated carbocycles. The molecule has 0 spiro atoms. The molecule has 102 valence electrons. The highest BCUT2D eigenvalue weighted by Crippen LogP contribution is 2.30. The monoisotopic (exact) mass is 254 g/mol. The second-order valence-electron chi connectivity index (χ2n) is 4.95. The van der Waals surface area contributed by atoms with Gasteiger partial charge in [0.25, 0.3) is 0 Å². The third-order valence-corrected chi connectivity index (χ3v) is 3.13. The van der Waals surface area contributed by atoms with Gasteiger partial charge < -0.3 is 5.32 Å². The fourth-order valence-corrected chi connectivity index (χ4v) is 1.71. The van der Waals surface area contributed by atoms with Crippen molar-refractivity contribution in [3.8, 4) is 0 Å².